The smallest absolute Gasteiger partial charge is 0.299 e. The van der Waals surface area contributed by atoms with E-state index < -0.39 is 5.91 Å². The first-order chi connectivity index (χ1) is 14.4. The lowest BCUT2D eigenvalue weighted by Gasteiger charge is -2.16. The molecule has 0 atom stereocenters. The van der Waals surface area contributed by atoms with Gasteiger partial charge in [0, 0.05) is 41.4 Å². The van der Waals surface area contributed by atoms with Gasteiger partial charge in [-0.1, -0.05) is 30.3 Å². The number of carbonyl (C=O) groups is 1. The highest BCUT2D eigenvalue weighted by molar-refractivity contribution is 5.84. The van der Waals surface area contributed by atoms with Gasteiger partial charge in [-0.05, 0) is 32.5 Å². The number of nitrogens with zero attached hydrogens (tertiary/aromatic N) is 4. The molecule has 3 rings (SSSR count). The maximum Gasteiger partial charge on any atom is 0.299 e. The number of benzene rings is 1. The largest absolute Gasteiger partial charge is 0.398 e. The average Bonchev–Trinajstić information content (AvgIpc) is 2.75. The Hall–Kier alpha value is -3.81. The van der Waals surface area contributed by atoms with Gasteiger partial charge in [-0.2, -0.15) is 0 Å². The molecule has 1 amide bonds. The summed E-state index contributed by atoms with van der Waals surface area (Å²) in [5.74, 6) is 0.260. The Balaban J connectivity index is 1.90. The number of nitrogens with one attached hydrogen (secondary N) is 1. The average molecular weight is 404 g/mol. The summed E-state index contributed by atoms with van der Waals surface area (Å²) >= 11 is 0. The molecule has 0 radical (unpaired) electrons. The van der Waals surface area contributed by atoms with Gasteiger partial charge in [-0.25, -0.2) is 15.0 Å². The standard InChI is InChI=1S/C22H24N6O2/c1-14-12-26-20(25-10-9-16-7-5-4-6-8-16)22(30)28(14)21-15(2)19(23)17(13-27-21)11-18(29)24-3/h4-8,12-13H,3,9-11H2,1-2H3,(H2,23,27)(H,25,26). The highest BCUT2D eigenvalue weighted by atomic mass is 16.1. The molecule has 0 aliphatic rings. The lowest BCUT2D eigenvalue weighted by molar-refractivity contribution is -0.117. The van der Waals surface area contributed by atoms with Crippen molar-refractivity contribution in [3.05, 3.63) is 75.5 Å². The molecule has 3 aromatic rings. The van der Waals surface area contributed by atoms with Crippen LogP contribution in [-0.4, -0.2) is 33.7 Å². The van der Waals surface area contributed by atoms with Crippen molar-refractivity contribution in [3.63, 3.8) is 0 Å². The fraction of sp³-hybridized carbons (Fsp3) is 0.227. The third-order valence-electron chi connectivity index (χ3n) is 4.85. The summed E-state index contributed by atoms with van der Waals surface area (Å²) in [6.45, 7) is 7.34. The number of nitrogens with two attached hydrogens (primary N) is 1. The Morgan fingerprint density at radius 3 is 2.63 bits per heavy atom. The van der Waals surface area contributed by atoms with Crippen molar-refractivity contribution >= 4 is 24.1 Å². The molecule has 0 unspecified atom stereocenters. The Morgan fingerprint density at radius 1 is 1.20 bits per heavy atom. The molecule has 0 bridgehead atoms. The molecule has 2 heterocycles. The number of hydrogen-bond acceptors (Lipinski definition) is 6. The van der Waals surface area contributed by atoms with Gasteiger partial charge >= 0.3 is 0 Å². The van der Waals surface area contributed by atoms with Gasteiger partial charge in [0.15, 0.2) is 5.82 Å². The highest BCUT2D eigenvalue weighted by Crippen LogP contribution is 2.22. The molecule has 0 saturated carbocycles. The Bertz CT molecular complexity index is 1140. The number of nitrogen functional groups attached to an aromatic ring is 1. The Morgan fingerprint density at radius 2 is 1.93 bits per heavy atom. The van der Waals surface area contributed by atoms with Gasteiger partial charge in [-0.15, -0.1) is 0 Å². The second-order valence-corrected chi connectivity index (χ2v) is 6.93. The zero-order chi connectivity index (χ0) is 21.7. The maximum atomic E-state index is 13.1. The number of pyridine rings is 1. The maximum absolute atomic E-state index is 13.1. The minimum absolute atomic E-state index is 0.0139. The molecule has 8 nitrogen and oxygen atoms in total. The topological polar surface area (TPSA) is 115 Å². The molecule has 0 aliphatic heterocycles. The summed E-state index contributed by atoms with van der Waals surface area (Å²) in [6.07, 6.45) is 3.89. The third-order valence-corrected chi connectivity index (χ3v) is 4.85. The summed E-state index contributed by atoms with van der Waals surface area (Å²) < 4.78 is 1.47. The molecule has 3 N–H and O–H groups in total. The van der Waals surface area contributed by atoms with E-state index in [4.69, 9.17) is 5.73 Å². The molecule has 30 heavy (non-hydrogen) atoms. The number of aliphatic imine (C=N–C) groups is 1. The van der Waals surface area contributed by atoms with E-state index in [0.717, 1.165) is 6.42 Å². The second-order valence-electron chi connectivity index (χ2n) is 6.93. The second kappa shape index (κ2) is 9.13. The van der Waals surface area contributed by atoms with E-state index in [9.17, 15) is 9.59 Å². The molecular formula is C22H24N6O2. The summed E-state index contributed by atoms with van der Waals surface area (Å²) in [5, 5.41) is 3.11. The van der Waals surface area contributed by atoms with Gasteiger partial charge in [0.1, 0.15) is 5.82 Å². The zero-order valence-corrected chi connectivity index (χ0v) is 17.1. The lowest BCUT2D eigenvalue weighted by atomic mass is 10.1. The number of anilines is 2. The zero-order valence-electron chi connectivity index (χ0n) is 17.1. The molecule has 0 fully saturated rings. The number of rotatable bonds is 7. The van der Waals surface area contributed by atoms with Crippen molar-refractivity contribution in [2.75, 3.05) is 17.6 Å². The number of aryl methyl sites for hydroxylation is 1. The van der Waals surface area contributed by atoms with Crippen LogP contribution in [-0.2, 0) is 17.6 Å². The Kier molecular flexibility index (Phi) is 6.36. The van der Waals surface area contributed by atoms with Crippen molar-refractivity contribution in [1.82, 2.24) is 14.5 Å². The van der Waals surface area contributed by atoms with E-state index in [1.807, 2.05) is 30.3 Å². The van der Waals surface area contributed by atoms with E-state index in [0.29, 0.717) is 34.9 Å². The summed E-state index contributed by atoms with van der Waals surface area (Å²) in [7, 11) is 0. The number of carbonyl (C=O) groups excluding carboxylic acids is 1. The van der Waals surface area contributed by atoms with Crippen LogP contribution in [0, 0.1) is 13.8 Å². The minimum Gasteiger partial charge on any atom is -0.398 e. The first-order valence-corrected chi connectivity index (χ1v) is 9.52. The summed E-state index contributed by atoms with van der Waals surface area (Å²) in [6, 6.07) is 9.99. The SMILES string of the molecule is C=NC(=O)Cc1cnc(-n2c(C)cnc(NCCc3ccccc3)c2=O)c(C)c1N. The van der Waals surface area contributed by atoms with Gasteiger partial charge in [0.25, 0.3) is 5.56 Å². The molecule has 154 valence electrons. The predicted molar refractivity (Wildman–Crippen MR) is 118 cm³/mol. The van der Waals surface area contributed by atoms with E-state index in [1.54, 1.807) is 20.0 Å². The first kappa shape index (κ1) is 20.9. The molecule has 1 aromatic carbocycles. The Labute approximate surface area is 174 Å². The minimum atomic E-state index is -0.391. The van der Waals surface area contributed by atoms with Gasteiger partial charge < -0.3 is 11.1 Å². The predicted octanol–water partition coefficient (Wildman–Crippen LogP) is 2.25. The van der Waals surface area contributed by atoms with Crippen LogP contribution in [0.25, 0.3) is 5.82 Å². The van der Waals surface area contributed by atoms with Gasteiger partial charge in [-0.3, -0.25) is 14.2 Å². The molecule has 0 saturated heterocycles. The van der Waals surface area contributed by atoms with Crippen LogP contribution < -0.4 is 16.6 Å². The van der Waals surface area contributed by atoms with Crippen molar-refractivity contribution in [3.8, 4) is 5.82 Å². The van der Waals surface area contributed by atoms with E-state index in [1.165, 1.54) is 16.3 Å². The van der Waals surface area contributed by atoms with E-state index >= 15 is 0 Å². The molecule has 0 spiro atoms. The quantitative estimate of drug-likeness (QED) is 0.584. The molecule has 8 heteroatoms. The van der Waals surface area contributed by atoms with Crippen LogP contribution in [0.1, 0.15) is 22.4 Å². The van der Waals surface area contributed by atoms with Crippen LogP contribution in [0.2, 0.25) is 0 Å². The van der Waals surface area contributed by atoms with E-state index in [2.05, 4.69) is 27.0 Å². The van der Waals surface area contributed by atoms with Crippen LogP contribution in [0.5, 0.6) is 0 Å². The fourth-order valence-electron chi connectivity index (χ4n) is 3.14. The lowest BCUT2D eigenvalue weighted by Crippen LogP contribution is -2.27. The molecule has 0 aliphatic carbocycles. The van der Waals surface area contributed by atoms with Crippen molar-refractivity contribution in [2.24, 2.45) is 4.99 Å². The first-order valence-electron chi connectivity index (χ1n) is 9.52. The van der Waals surface area contributed by atoms with Crippen molar-refractivity contribution in [1.29, 1.82) is 0 Å². The number of hydrogen-bond donors (Lipinski definition) is 2. The normalized spacial score (nSPS) is 10.6. The van der Waals surface area contributed by atoms with Crippen LogP contribution >= 0.6 is 0 Å². The summed E-state index contributed by atoms with van der Waals surface area (Å²) in [5.41, 5.74) is 9.25. The van der Waals surface area contributed by atoms with Crippen LogP contribution in [0.4, 0.5) is 11.5 Å². The van der Waals surface area contributed by atoms with Crippen LogP contribution in [0.3, 0.4) is 0 Å². The fourth-order valence-corrected chi connectivity index (χ4v) is 3.14. The van der Waals surface area contributed by atoms with Crippen LogP contribution in [0.15, 0.2) is 52.5 Å². The summed E-state index contributed by atoms with van der Waals surface area (Å²) in [4.78, 5) is 36.7. The van der Waals surface area contributed by atoms with Gasteiger partial charge in [0.05, 0.1) is 6.42 Å². The van der Waals surface area contributed by atoms with E-state index in [-0.39, 0.29) is 17.8 Å². The number of aromatic nitrogens is 3. The molecular weight excluding hydrogens is 380 g/mol. The van der Waals surface area contributed by atoms with Crippen molar-refractivity contribution in [2.45, 2.75) is 26.7 Å². The van der Waals surface area contributed by atoms with Crippen molar-refractivity contribution < 1.29 is 4.79 Å². The van der Waals surface area contributed by atoms with Gasteiger partial charge in [0.2, 0.25) is 5.91 Å². The monoisotopic (exact) mass is 404 g/mol. The number of amides is 1. The highest BCUT2D eigenvalue weighted by Gasteiger charge is 2.17. The third kappa shape index (κ3) is 4.43. The molecule has 2 aromatic heterocycles.